The summed E-state index contributed by atoms with van der Waals surface area (Å²) in [5, 5.41) is 22.5. The number of nitrogens with zero attached hydrogens (tertiary/aromatic N) is 3. The molecule has 0 heterocycles. The molecule has 1 N–H and O–H groups in total. The topological polar surface area (TPSA) is 127 Å². The molecule has 0 aliphatic carbocycles. The maximum atomic E-state index is 11.3. The number of hydrogen-bond acceptors (Lipinski definition) is 6. The second-order valence-corrected chi connectivity index (χ2v) is 5.53. The molecule has 0 aliphatic rings. The lowest BCUT2D eigenvalue weighted by atomic mass is 10.2. The van der Waals surface area contributed by atoms with Gasteiger partial charge in [-0.3, -0.25) is 20.2 Å². The van der Waals surface area contributed by atoms with Crippen LogP contribution in [0.2, 0.25) is 0 Å². The zero-order valence-corrected chi connectivity index (χ0v) is 13.0. The maximum absolute atomic E-state index is 11.3. The highest BCUT2D eigenvalue weighted by Crippen LogP contribution is 2.39. The van der Waals surface area contributed by atoms with E-state index >= 15 is 0 Å². The van der Waals surface area contributed by atoms with E-state index in [2.05, 4.69) is 0 Å². The van der Waals surface area contributed by atoms with E-state index in [1.807, 2.05) is 13.8 Å². The van der Waals surface area contributed by atoms with Crippen molar-refractivity contribution in [1.29, 1.82) is 0 Å². The summed E-state index contributed by atoms with van der Waals surface area (Å²) in [4.78, 5) is 22.2. The quantitative estimate of drug-likeness (QED) is 0.440. The minimum atomic E-state index is -2.54. The monoisotopic (exact) mass is 331 g/mol. The van der Waals surface area contributed by atoms with E-state index in [1.165, 1.54) is 0 Å². The summed E-state index contributed by atoms with van der Waals surface area (Å²) in [5.41, 5.74) is -1.19. The summed E-state index contributed by atoms with van der Waals surface area (Å²) in [6.07, 6.45) is 1.31. The molecule has 1 atom stereocenters. The second kappa shape index (κ2) is 7.80. The molecule has 0 radical (unpaired) electrons. The van der Waals surface area contributed by atoms with Crippen molar-refractivity contribution in [2.75, 3.05) is 18.0 Å². The highest BCUT2D eigenvalue weighted by molar-refractivity contribution is 7.79. The number of rotatable bonds is 8. The van der Waals surface area contributed by atoms with Crippen molar-refractivity contribution in [2.24, 2.45) is 0 Å². The van der Waals surface area contributed by atoms with Crippen molar-refractivity contribution < 1.29 is 18.6 Å². The Morgan fingerprint density at radius 1 is 1.09 bits per heavy atom. The minimum Gasteiger partial charge on any atom is -0.360 e. The van der Waals surface area contributed by atoms with Crippen LogP contribution in [0.3, 0.4) is 0 Å². The van der Waals surface area contributed by atoms with Gasteiger partial charge in [0, 0.05) is 25.2 Å². The van der Waals surface area contributed by atoms with Crippen LogP contribution < -0.4 is 4.90 Å². The minimum absolute atomic E-state index is 0.118. The Morgan fingerprint density at radius 2 is 1.50 bits per heavy atom. The van der Waals surface area contributed by atoms with Crippen molar-refractivity contribution in [2.45, 2.75) is 31.6 Å². The lowest BCUT2D eigenvalue weighted by molar-refractivity contribution is -0.393. The lowest BCUT2D eigenvalue weighted by Gasteiger charge is -2.23. The molecule has 9 nitrogen and oxygen atoms in total. The lowest BCUT2D eigenvalue weighted by Crippen LogP contribution is -2.26. The normalized spacial score (nSPS) is 12.0. The van der Waals surface area contributed by atoms with Crippen LogP contribution in [0, 0.1) is 20.2 Å². The molecule has 1 aromatic carbocycles. The zero-order chi connectivity index (χ0) is 16.9. The van der Waals surface area contributed by atoms with Crippen LogP contribution in [0.15, 0.2) is 17.0 Å². The summed E-state index contributed by atoms with van der Waals surface area (Å²) in [6.45, 7) is 4.54. The molecular formula is C12H17N3O6S. The third-order valence-electron chi connectivity index (χ3n) is 2.94. The predicted molar refractivity (Wildman–Crippen MR) is 81.6 cm³/mol. The number of anilines is 1. The molecule has 0 aliphatic heterocycles. The van der Waals surface area contributed by atoms with E-state index in [-0.39, 0.29) is 10.6 Å². The van der Waals surface area contributed by atoms with E-state index in [9.17, 15) is 24.4 Å². The Hall–Kier alpha value is -2.07. The Kier molecular flexibility index (Phi) is 6.38. The van der Waals surface area contributed by atoms with Gasteiger partial charge in [-0.2, -0.15) is 0 Å². The van der Waals surface area contributed by atoms with E-state index in [4.69, 9.17) is 4.55 Å². The Balaban J connectivity index is 3.66. The number of nitro groups is 2. The van der Waals surface area contributed by atoms with Gasteiger partial charge in [-0.15, -0.1) is 0 Å². The third-order valence-corrected chi connectivity index (χ3v) is 3.58. The van der Waals surface area contributed by atoms with Crippen LogP contribution in [0.25, 0.3) is 0 Å². The molecule has 0 aromatic heterocycles. The molecule has 0 spiro atoms. The van der Waals surface area contributed by atoms with Crippen molar-refractivity contribution in [1.82, 2.24) is 0 Å². The van der Waals surface area contributed by atoms with E-state index < -0.39 is 32.3 Å². The summed E-state index contributed by atoms with van der Waals surface area (Å²) >= 11 is -2.54. The van der Waals surface area contributed by atoms with Crippen molar-refractivity contribution in [3.05, 3.63) is 32.4 Å². The van der Waals surface area contributed by atoms with Crippen molar-refractivity contribution in [3.63, 3.8) is 0 Å². The van der Waals surface area contributed by atoms with Gasteiger partial charge in [0.05, 0.1) is 14.7 Å². The van der Waals surface area contributed by atoms with E-state index in [1.54, 1.807) is 4.90 Å². The van der Waals surface area contributed by atoms with Gasteiger partial charge >= 0.3 is 11.4 Å². The van der Waals surface area contributed by atoms with Crippen LogP contribution in [-0.2, 0) is 11.1 Å². The van der Waals surface area contributed by atoms with Gasteiger partial charge in [-0.25, -0.2) is 4.21 Å². The van der Waals surface area contributed by atoms with Gasteiger partial charge in [0.2, 0.25) is 0 Å². The molecule has 0 saturated carbocycles. The fourth-order valence-corrected chi connectivity index (χ4v) is 2.58. The smallest absolute Gasteiger partial charge is 0.300 e. The molecule has 0 saturated heterocycles. The molecular weight excluding hydrogens is 314 g/mol. The molecule has 0 amide bonds. The Labute approximate surface area is 129 Å². The number of nitro benzene ring substituents is 2. The van der Waals surface area contributed by atoms with Crippen LogP contribution in [0.5, 0.6) is 0 Å². The molecule has 22 heavy (non-hydrogen) atoms. The fourth-order valence-electron chi connectivity index (χ4n) is 2.16. The molecule has 10 heteroatoms. The number of benzene rings is 1. The first-order valence-electron chi connectivity index (χ1n) is 6.66. The fraction of sp³-hybridized carbons (Fsp3) is 0.500. The number of hydrogen-bond donors (Lipinski definition) is 1. The van der Waals surface area contributed by atoms with Gasteiger partial charge in [0.25, 0.3) is 0 Å². The molecule has 1 rings (SSSR count). The maximum Gasteiger partial charge on any atom is 0.300 e. The van der Waals surface area contributed by atoms with Crippen molar-refractivity contribution >= 4 is 28.1 Å². The zero-order valence-electron chi connectivity index (χ0n) is 12.2. The summed E-state index contributed by atoms with van der Waals surface area (Å²) in [7, 11) is 0. The van der Waals surface area contributed by atoms with Crippen LogP contribution >= 0.6 is 0 Å². The van der Waals surface area contributed by atoms with E-state index in [0.29, 0.717) is 25.9 Å². The van der Waals surface area contributed by atoms with Gasteiger partial charge < -0.3 is 9.45 Å². The average Bonchev–Trinajstić information content (AvgIpc) is 2.45. The van der Waals surface area contributed by atoms with Gasteiger partial charge in [0.1, 0.15) is 0 Å². The van der Waals surface area contributed by atoms with Crippen LogP contribution in [0.4, 0.5) is 17.1 Å². The predicted octanol–water partition coefficient (Wildman–Crippen LogP) is 2.71. The van der Waals surface area contributed by atoms with Gasteiger partial charge in [-0.05, 0) is 12.8 Å². The summed E-state index contributed by atoms with van der Waals surface area (Å²) < 4.78 is 20.2. The summed E-state index contributed by atoms with van der Waals surface area (Å²) in [6, 6.07) is 1.83. The van der Waals surface area contributed by atoms with Crippen molar-refractivity contribution in [3.8, 4) is 0 Å². The Bertz CT molecular complexity index is 566. The highest BCUT2D eigenvalue weighted by atomic mass is 32.2. The first kappa shape index (κ1) is 18.0. The third kappa shape index (κ3) is 3.98. The molecule has 0 bridgehead atoms. The molecule has 122 valence electrons. The molecule has 0 fully saturated rings. The highest BCUT2D eigenvalue weighted by Gasteiger charge is 2.31. The van der Waals surface area contributed by atoms with Gasteiger partial charge in [-0.1, -0.05) is 13.8 Å². The second-order valence-electron chi connectivity index (χ2n) is 4.56. The van der Waals surface area contributed by atoms with E-state index in [0.717, 1.165) is 12.1 Å². The largest absolute Gasteiger partial charge is 0.360 e. The van der Waals surface area contributed by atoms with Crippen LogP contribution in [-0.4, -0.2) is 31.7 Å². The summed E-state index contributed by atoms with van der Waals surface area (Å²) in [5.74, 6) is 0. The Morgan fingerprint density at radius 3 is 1.77 bits per heavy atom. The first-order valence-corrected chi connectivity index (χ1v) is 7.76. The average molecular weight is 331 g/mol. The van der Waals surface area contributed by atoms with Gasteiger partial charge in [0.15, 0.2) is 16.8 Å². The SMILES string of the molecule is CCCN(CCC)c1c([N+](=O)[O-])cc(S(=O)O)cc1[N+](=O)[O-]. The standard InChI is InChI=1S/C12H17N3O6S/c1-3-5-13(6-4-2)12-10(14(16)17)7-9(22(20)21)8-11(12)15(18)19/h7-8H,3-6H2,1-2H3,(H,20,21). The molecule has 1 aromatic rings. The molecule has 1 unspecified atom stereocenters. The van der Waals surface area contributed by atoms with Crippen LogP contribution in [0.1, 0.15) is 26.7 Å². The first-order chi connectivity index (χ1) is 10.3.